The van der Waals surface area contributed by atoms with Gasteiger partial charge in [-0.15, -0.1) is 12.4 Å². The first-order valence-electron chi connectivity index (χ1n) is 7.60. The second-order valence-corrected chi connectivity index (χ2v) is 5.90. The molecule has 3 nitrogen and oxygen atoms in total. The Morgan fingerprint density at radius 1 is 1.33 bits per heavy atom. The summed E-state index contributed by atoms with van der Waals surface area (Å²) in [6.45, 7) is 4.06. The summed E-state index contributed by atoms with van der Waals surface area (Å²) >= 11 is 0. The zero-order valence-electron chi connectivity index (χ0n) is 13.7. The van der Waals surface area contributed by atoms with Crippen molar-refractivity contribution in [2.45, 2.75) is 19.5 Å². The average Bonchev–Trinajstić information content (AvgIpc) is 2.95. The first-order chi connectivity index (χ1) is 10.8. The maximum atomic E-state index is 12.6. The van der Waals surface area contributed by atoms with Gasteiger partial charge in [0.15, 0.2) is 0 Å². The topological polar surface area (TPSA) is 32.3 Å². The van der Waals surface area contributed by atoms with Crippen LogP contribution in [0.25, 0.3) is 5.57 Å². The molecule has 2 rings (SSSR count). The molecule has 1 aliphatic heterocycles. The fourth-order valence-electron chi connectivity index (χ4n) is 2.77. The number of hydrogen-bond donors (Lipinski definition) is 1. The molecular weight excluding hydrogens is 341 g/mol. The number of rotatable bonds is 4. The number of likely N-dealkylation sites (tertiary alicyclic amines) is 1. The molecule has 1 amide bonds. The van der Waals surface area contributed by atoms with Crippen molar-refractivity contribution in [3.63, 3.8) is 0 Å². The lowest BCUT2D eigenvalue weighted by molar-refractivity contribution is -0.137. The van der Waals surface area contributed by atoms with Gasteiger partial charge in [-0.25, -0.2) is 0 Å². The van der Waals surface area contributed by atoms with Crippen LogP contribution in [0.15, 0.2) is 30.3 Å². The van der Waals surface area contributed by atoms with Gasteiger partial charge < -0.3 is 10.2 Å². The summed E-state index contributed by atoms with van der Waals surface area (Å²) in [6.07, 6.45) is -1.87. The highest BCUT2D eigenvalue weighted by Gasteiger charge is 2.30. The summed E-state index contributed by atoms with van der Waals surface area (Å²) in [6, 6.07) is 4.87. The second kappa shape index (κ2) is 8.53. The third-order valence-electron chi connectivity index (χ3n) is 4.10. The first kappa shape index (κ1) is 20.5. The van der Waals surface area contributed by atoms with Gasteiger partial charge in [0.05, 0.1) is 5.56 Å². The summed E-state index contributed by atoms with van der Waals surface area (Å²) in [5, 5.41) is 3.11. The number of nitrogens with zero attached hydrogens (tertiary/aromatic N) is 1. The van der Waals surface area contributed by atoms with E-state index >= 15 is 0 Å². The Morgan fingerprint density at radius 2 is 1.96 bits per heavy atom. The molecule has 0 aliphatic carbocycles. The summed E-state index contributed by atoms with van der Waals surface area (Å²) < 4.78 is 37.7. The SMILES string of the molecule is CNCC1CCN(C(=O)/C=C(\C)c2ccc(C(F)(F)F)cc2)C1.Cl. The summed E-state index contributed by atoms with van der Waals surface area (Å²) in [5.41, 5.74) is 0.605. The minimum atomic E-state index is -4.34. The maximum absolute atomic E-state index is 12.6. The van der Waals surface area contributed by atoms with Crippen LogP contribution >= 0.6 is 12.4 Å². The molecule has 24 heavy (non-hydrogen) atoms. The first-order valence-corrected chi connectivity index (χ1v) is 7.60. The van der Waals surface area contributed by atoms with E-state index in [-0.39, 0.29) is 18.3 Å². The molecule has 0 bridgehead atoms. The fraction of sp³-hybridized carbons (Fsp3) is 0.471. The normalized spacial score (nSPS) is 18.5. The highest BCUT2D eigenvalue weighted by molar-refractivity contribution is 5.95. The van der Waals surface area contributed by atoms with Crippen LogP contribution in [0, 0.1) is 5.92 Å². The van der Waals surface area contributed by atoms with Gasteiger partial charge in [-0.2, -0.15) is 13.2 Å². The molecule has 1 N–H and O–H groups in total. The monoisotopic (exact) mass is 362 g/mol. The average molecular weight is 363 g/mol. The van der Waals surface area contributed by atoms with Gasteiger partial charge in [-0.1, -0.05) is 12.1 Å². The van der Waals surface area contributed by atoms with Gasteiger partial charge in [0.25, 0.3) is 0 Å². The van der Waals surface area contributed by atoms with E-state index in [1.807, 2.05) is 7.05 Å². The van der Waals surface area contributed by atoms with Crippen molar-refractivity contribution in [1.29, 1.82) is 0 Å². The minimum absolute atomic E-state index is 0. The Bertz CT molecular complexity index is 584. The predicted octanol–water partition coefficient (Wildman–Crippen LogP) is 3.60. The number of halogens is 4. The number of carbonyl (C=O) groups is 1. The van der Waals surface area contributed by atoms with E-state index in [2.05, 4.69) is 5.32 Å². The van der Waals surface area contributed by atoms with Crippen LogP contribution < -0.4 is 5.32 Å². The number of benzene rings is 1. The van der Waals surface area contributed by atoms with Crippen LogP contribution in [0.4, 0.5) is 13.2 Å². The predicted molar refractivity (Wildman–Crippen MR) is 91.0 cm³/mol. The van der Waals surface area contributed by atoms with Crippen LogP contribution in [0.1, 0.15) is 24.5 Å². The van der Waals surface area contributed by atoms with E-state index in [4.69, 9.17) is 0 Å². The smallest absolute Gasteiger partial charge is 0.339 e. The molecule has 134 valence electrons. The van der Waals surface area contributed by atoms with Crippen molar-refractivity contribution in [2.75, 3.05) is 26.7 Å². The molecule has 0 aromatic heterocycles. The standard InChI is InChI=1S/C17H21F3N2O.ClH/c1-12(14-3-5-15(6-4-14)17(18,19)20)9-16(23)22-8-7-13(11-22)10-21-2;/h3-6,9,13,21H,7-8,10-11H2,1-2H3;1H/b12-9+;. The van der Waals surface area contributed by atoms with E-state index in [1.165, 1.54) is 18.2 Å². The van der Waals surface area contributed by atoms with Gasteiger partial charge >= 0.3 is 6.18 Å². The summed E-state index contributed by atoms with van der Waals surface area (Å²) in [4.78, 5) is 14.0. The van der Waals surface area contributed by atoms with Gasteiger partial charge in [-0.05, 0) is 56.1 Å². The lowest BCUT2D eigenvalue weighted by Gasteiger charge is -2.15. The maximum Gasteiger partial charge on any atom is 0.416 e. The van der Waals surface area contributed by atoms with Gasteiger partial charge in [0, 0.05) is 19.2 Å². The zero-order valence-corrected chi connectivity index (χ0v) is 14.5. The molecule has 0 spiro atoms. The molecule has 0 saturated carbocycles. The third kappa shape index (κ3) is 5.24. The number of nitrogens with one attached hydrogen (secondary N) is 1. The molecule has 0 radical (unpaired) electrons. The van der Waals surface area contributed by atoms with Gasteiger partial charge in [0.1, 0.15) is 0 Å². The van der Waals surface area contributed by atoms with E-state index in [0.717, 1.165) is 38.2 Å². The minimum Gasteiger partial charge on any atom is -0.339 e. The Kier molecular flexibility index (Phi) is 7.29. The highest BCUT2D eigenvalue weighted by Crippen LogP contribution is 2.30. The largest absolute Gasteiger partial charge is 0.416 e. The number of hydrogen-bond acceptors (Lipinski definition) is 2. The number of amides is 1. The summed E-state index contributed by atoms with van der Waals surface area (Å²) in [5.74, 6) is 0.379. The van der Waals surface area contributed by atoms with Crippen LogP contribution in [0.5, 0.6) is 0 Å². The molecule has 1 unspecified atom stereocenters. The Hall–Kier alpha value is -1.53. The van der Waals surface area contributed by atoms with Crippen LogP contribution in [-0.2, 0) is 11.0 Å². The molecule has 1 heterocycles. The number of alkyl halides is 3. The Balaban J connectivity index is 0.00000288. The fourth-order valence-corrected chi connectivity index (χ4v) is 2.77. The van der Waals surface area contributed by atoms with Crippen molar-refractivity contribution >= 4 is 23.9 Å². The molecule has 1 aromatic rings. The Morgan fingerprint density at radius 3 is 2.50 bits per heavy atom. The molecule has 1 aromatic carbocycles. The molecule has 7 heteroatoms. The molecule has 1 aliphatic rings. The second-order valence-electron chi connectivity index (χ2n) is 5.90. The molecular formula is C17H22ClF3N2O. The highest BCUT2D eigenvalue weighted by atomic mass is 35.5. The van der Waals surface area contributed by atoms with Crippen molar-refractivity contribution in [2.24, 2.45) is 5.92 Å². The van der Waals surface area contributed by atoms with Gasteiger partial charge in [0.2, 0.25) is 5.91 Å². The van der Waals surface area contributed by atoms with Crippen molar-refractivity contribution in [3.05, 3.63) is 41.5 Å². The lowest BCUT2D eigenvalue weighted by Crippen LogP contribution is -2.29. The van der Waals surface area contributed by atoms with Crippen molar-refractivity contribution < 1.29 is 18.0 Å². The van der Waals surface area contributed by atoms with Crippen molar-refractivity contribution in [3.8, 4) is 0 Å². The van der Waals surface area contributed by atoms with Crippen LogP contribution in [0.2, 0.25) is 0 Å². The van der Waals surface area contributed by atoms with E-state index < -0.39 is 11.7 Å². The summed E-state index contributed by atoms with van der Waals surface area (Å²) in [7, 11) is 1.89. The Labute approximate surface area is 146 Å². The van der Waals surface area contributed by atoms with E-state index in [1.54, 1.807) is 11.8 Å². The van der Waals surface area contributed by atoms with E-state index in [9.17, 15) is 18.0 Å². The molecule has 1 atom stereocenters. The van der Waals surface area contributed by atoms with Crippen LogP contribution in [0.3, 0.4) is 0 Å². The van der Waals surface area contributed by atoms with E-state index in [0.29, 0.717) is 17.1 Å². The number of carbonyl (C=O) groups excluding carboxylic acids is 1. The lowest BCUT2D eigenvalue weighted by atomic mass is 10.0. The quantitative estimate of drug-likeness (QED) is 0.830. The molecule has 1 saturated heterocycles. The van der Waals surface area contributed by atoms with Crippen molar-refractivity contribution in [1.82, 2.24) is 10.2 Å². The number of allylic oxidation sites excluding steroid dienone is 1. The molecule has 1 fully saturated rings. The van der Waals surface area contributed by atoms with Gasteiger partial charge in [-0.3, -0.25) is 4.79 Å². The third-order valence-corrected chi connectivity index (χ3v) is 4.10. The van der Waals surface area contributed by atoms with Crippen LogP contribution in [-0.4, -0.2) is 37.5 Å². The zero-order chi connectivity index (χ0) is 17.0.